The number of carbonyl (C=O) groups excluding carboxylic acids is 1. The average molecular weight is 434 g/mol. The summed E-state index contributed by atoms with van der Waals surface area (Å²) in [5.41, 5.74) is 4.37. The summed E-state index contributed by atoms with van der Waals surface area (Å²) < 4.78 is 12.8. The number of aryl methyl sites for hydroxylation is 2. The van der Waals surface area contributed by atoms with E-state index in [0.717, 1.165) is 37.9 Å². The maximum atomic E-state index is 13.1. The molecule has 0 unspecified atom stereocenters. The molecule has 0 radical (unpaired) electrons. The van der Waals surface area contributed by atoms with Crippen molar-refractivity contribution in [2.75, 3.05) is 13.8 Å². The molecule has 6 nitrogen and oxygen atoms in total. The molecule has 3 heterocycles. The molecule has 0 atom stereocenters. The van der Waals surface area contributed by atoms with E-state index in [0.29, 0.717) is 13.1 Å². The standard InChI is InChI=1S/C24H23N3O3S/c1-15-4-6-17(7-5-15)13-27-24-19(16(2)25-27)11-22(31-24)23(28)26(3)12-18-8-9-20-21(10-18)30-14-29-20/h4-11H,12-14H2,1-3H3. The SMILES string of the molecule is Cc1ccc(Cn2nc(C)c3cc(C(=O)N(C)Cc4ccc5c(c4)OCO5)sc32)cc1. The van der Waals surface area contributed by atoms with Crippen LogP contribution in [0.1, 0.15) is 32.1 Å². The van der Waals surface area contributed by atoms with Crippen molar-refractivity contribution in [3.63, 3.8) is 0 Å². The Labute approximate surface area is 184 Å². The second kappa shape index (κ2) is 7.74. The number of rotatable bonds is 5. The van der Waals surface area contributed by atoms with Crippen molar-refractivity contribution >= 4 is 27.5 Å². The highest BCUT2D eigenvalue weighted by Gasteiger charge is 2.20. The Morgan fingerprint density at radius 3 is 2.61 bits per heavy atom. The predicted molar refractivity (Wildman–Crippen MR) is 121 cm³/mol. The number of carbonyl (C=O) groups is 1. The van der Waals surface area contributed by atoms with E-state index in [1.165, 1.54) is 22.5 Å². The topological polar surface area (TPSA) is 56.6 Å². The first-order valence-electron chi connectivity index (χ1n) is 10.1. The first-order valence-corrected chi connectivity index (χ1v) is 11.0. The molecule has 0 N–H and O–H groups in total. The van der Waals surface area contributed by atoms with Crippen molar-refractivity contribution in [3.8, 4) is 11.5 Å². The summed E-state index contributed by atoms with van der Waals surface area (Å²) in [5, 5.41) is 5.73. The second-order valence-electron chi connectivity index (χ2n) is 7.91. The normalized spacial score (nSPS) is 12.5. The molecule has 31 heavy (non-hydrogen) atoms. The van der Waals surface area contributed by atoms with Crippen molar-refractivity contribution in [3.05, 3.63) is 75.8 Å². The van der Waals surface area contributed by atoms with Gasteiger partial charge >= 0.3 is 0 Å². The first kappa shape index (κ1) is 19.6. The van der Waals surface area contributed by atoms with Crippen molar-refractivity contribution in [1.82, 2.24) is 14.7 Å². The number of hydrogen-bond acceptors (Lipinski definition) is 5. The number of aromatic nitrogens is 2. The fourth-order valence-electron chi connectivity index (χ4n) is 3.76. The molecule has 0 saturated heterocycles. The molecule has 2 aromatic carbocycles. The van der Waals surface area contributed by atoms with Crippen LogP contribution in [-0.4, -0.2) is 34.4 Å². The minimum absolute atomic E-state index is 0.000141. The van der Waals surface area contributed by atoms with Gasteiger partial charge in [-0.05, 0) is 43.2 Å². The smallest absolute Gasteiger partial charge is 0.264 e. The van der Waals surface area contributed by atoms with Gasteiger partial charge in [-0.2, -0.15) is 5.10 Å². The van der Waals surface area contributed by atoms with Gasteiger partial charge in [-0.3, -0.25) is 9.48 Å². The molecule has 2 aromatic heterocycles. The third kappa shape index (κ3) is 3.77. The Kier molecular flexibility index (Phi) is 4.90. The van der Waals surface area contributed by atoms with Crippen LogP contribution in [0.2, 0.25) is 0 Å². The lowest BCUT2D eigenvalue weighted by atomic mass is 10.1. The molecule has 7 heteroatoms. The van der Waals surface area contributed by atoms with Gasteiger partial charge < -0.3 is 14.4 Å². The van der Waals surface area contributed by atoms with E-state index < -0.39 is 0 Å². The Morgan fingerprint density at radius 2 is 1.81 bits per heavy atom. The molecule has 0 bridgehead atoms. The van der Waals surface area contributed by atoms with Gasteiger partial charge in [-0.1, -0.05) is 35.9 Å². The number of fused-ring (bicyclic) bond motifs is 2. The van der Waals surface area contributed by atoms with Gasteiger partial charge in [0.25, 0.3) is 5.91 Å². The molecule has 0 saturated carbocycles. The van der Waals surface area contributed by atoms with Gasteiger partial charge in [0.1, 0.15) is 4.83 Å². The second-order valence-corrected chi connectivity index (χ2v) is 8.94. The van der Waals surface area contributed by atoms with Crippen molar-refractivity contribution < 1.29 is 14.3 Å². The van der Waals surface area contributed by atoms with Crippen LogP contribution in [0, 0.1) is 13.8 Å². The molecule has 1 aliphatic heterocycles. The molecule has 1 amide bonds. The van der Waals surface area contributed by atoms with Crippen molar-refractivity contribution in [2.45, 2.75) is 26.9 Å². The number of amides is 1. The summed E-state index contributed by atoms with van der Waals surface area (Å²) >= 11 is 1.50. The van der Waals surface area contributed by atoms with Crippen LogP contribution in [0.5, 0.6) is 11.5 Å². The Morgan fingerprint density at radius 1 is 1.06 bits per heavy atom. The number of thiophene rings is 1. The molecular formula is C24H23N3O3S. The third-order valence-electron chi connectivity index (χ3n) is 5.47. The highest BCUT2D eigenvalue weighted by molar-refractivity contribution is 7.20. The number of nitrogens with zero attached hydrogens (tertiary/aromatic N) is 3. The third-order valence-corrected chi connectivity index (χ3v) is 6.61. The van der Waals surface area contributed by atoms with E-state index in [1.807, 2.05) is 42.9 Å². The molecule has 1 aliphatic rings. The summed E-state index contributed by atoms with van der Waals surface area (Å²) in [6, 6.07) is 16.2. The number of benzene rings is 2. The van der Waals surface area contributed by atoms with Crippen molar-refractivity contribution in [2.24, 2.45) is 0 Å². The molecule has 0 aliphatic carbocycles. The largest absolute Gasteiger partial charge is 0.454 e. The molecular weight excluding hydrogens is 410 g/mol. The zero-order chi connectivity index (χ0) is 21.5. The minimum Gasteiger partial charge on any atom is -0.454 e. The summed E-state index contributed by atoms with van der Waals surface area (Å²) in [4.78, 5) is 16.6. The Bertz CT molecular complexity index is 1270. The van der Waals surface area contributed by atoms with E-state index >= 15 is 0 Å². The van der Waals surface area contributed by atoms with Crippen LogP contribution in [0.25, 0.3) is 10.2 Å². The quantitative estimate of drug-likeness (QED) is 0.455. The zero-order valence-corrected chi connectivity index (χ0v) is 18.5. The van der Waals surface area contributed by atoms with Crippen LogP contribution in [0.4, 0.5) is 0 Å². The molecule has 158 valence electrons. The van der Waals surface area contributed by atoms with Gasteiger partial charge in [0.05, 0.1) is 17.1 Å². The number of hydrogen-bond donors (Lipinski definition) is 0. The lowest BCUT2D eigenvalue weighted by molar-refractivity contribution is 0.0790. The molecule has 0 spiro atoms. The maximum Gasteiger partial charge on any atom is 0.264 e. The van der Waals surface area contributed by atoms with Crippen LogP contribution in [0.15, 0.2) is 48.5 Å². The number of ether oxygens (including phenoxy) is 2. The van der Waals surface area contributed by atoms with E-state index in [2.05, 4.69) is 31.2 Å². The molecule has 4 aromatic rings. The summed E-state index contributed by atoms with van der Waals surface area (Å²) in [6.45, 7) is 5.50. The fraction of sp³-hybridized carbons (Fsp3) is 0.250. The van der Waals surface area contributed by atoms with Gasteiger partial charge in [-0.15, -0.1) is 11.3 Å². The van der Waals surface area contributed by atoms with Gasteiger partial charge in [0.2, 0.25) is 6.79 Å². The summed E-state index contributed by atoms with van der Waals surface area (Å²) in [5.74, 6) is 1.48. The first-order chi connectivity index (χ1) is 15.0. The van der Waals surface area contributed by atoms with E-state index in [9.17, 15) is 4.79 Å². The Balaban J connectivity index is 1.37. The highest BCUT2D eigenvalue weighted by atomic mass is 32.1. The fourth-order valence-corrected chi connectivity index (χ4v) is 4.92. The summed E-state index contributed by atoms with van der Waals surface area (Å²) in [6.07, 6.45) is 0. The van der Waals surface area contributed by atoms with Gasteiger partial charge in [0.15, 0.2) is 11.5 Å². The van der Waals surface area contributed by atoms with Gasteiger partial charge in [0, 0.05) is 19.0 Å². The maximum absolute atomic E-state index is 13.1. The predicted octanol–water partition coefficient (Wildman–Crippen LogP) is 4.76. The van der Waals surface area contributed by atoms with Crippen LogP contribution in [-0.2, 0) is 13.1 Å². The Hall–Kier alpha value is -3.32. The van der Waals surface area contributed by atoms with E-state index in [-0.39, 0.29) is 12.7 Å². The molecule has 5 rings (SSSR count). The minimum atomic E-state index is 0.000141. The summed E-state index contributed by atoms with van der Waals surface area (Å²) in [7, 11) is 1.82. The zero-order valence-electron chi connectivity index (χ0n) is 17.7. The van der Waals surface area contributed by atoms with Crippen LogP contribution in [0.3, 0.4) is 0 Å². The van der Waals surface area contributed by atoms with Crippen molar-refractivity contribution in [1.29, 1.82) is 0 Å². The molecule has 0 fully saturated rings. The highest BCUT2D eigenvalue weighted by Crippen LogP contribution is 2.33. The van der Waals surface area contributed by atoms with E-state index in [4.69, 9.17) is 14.6 Å². The van der Waals surface area contributed by atoms with Crippen LogP contribution >= 0.6 is 11.3 Å². The van der Waals surface area contributed by atoms with Gasteiger partial charge in [-0.25, -0.2) is 0 Å². The van der Waals surface area contributed by atoms with E-state index in [1.54, 1.807) is 4.90 Å². The van der Waals surface area contributed by atoms with Crippen LogP contribution < -0.4 is 9.47 Å². The average Bonchev–Trinajstić information content (AvgIpc) is 3.46. The lowest BCUT2D eigenvalue weighted by Crippen LogP contribution is -2.25. The lowest BCUT2D eigenvalue weighted by Gasteiger charge is -2.16. The monoisotopic (exact) mass is 433 g/mol.